The van der Waals surface area contributed by atoms with Crippen LogP contribution in [-0.4, -0.2) is 20.5 Å². The number of piperidine rings is 1. The zero-order chi connectivity index (χ0) is 11.0. The summed E-state index contributed by atoms with van der Waals surface area (Å²) in [4.78, 5) is 5.55. The molecule has 1 rings (SSSR count). The molecule has 0 saturated carbocycles. The Morgan fingerprint density at radius 2 is 1.64 bits per heavy atom. The number of nitrogens with zero attached hydrogens (tertiary/aromatic N) is 1. The van der Waals surface area contributed by atoms with E-state index in [1.54, 1.807) is 0 Å². The van der Waals surface area contributed by atoms with Crippen LogP contribution in [0.5, 0.6) is 0 Å². The SMILES string of the molecule is CC1(C)CCCC(C)(C)N1OC(=S)S. The summed E-state index contributed by atoms with van der Waals surface area (Å²) in [7, 11) is 0. The molecule has 0 aliphatic carbocycles. The van der Waals surface area contributed by atoms with Gasteiger partial charge in [0.1, 0.15) is 0 Å². The summed E-state index contributed by atoms with van der Waals surface area (Å²) in [6.45, 7) is 8.72. The van der Waals surface area contributed by atoms with Crippen molar-refractivity contribution in [3.05, 3.63) is 0 Å². The zero-order valence-electron chi connectivity index (χ0n) is 9.33. The molecule has 0 bridgehead atoms. The molecule has 0 atom stereocenters. The summed E-state index contributed by atoms with van der Waals surface area (Å²) in [5, 5.41) is 2.00. The minimum absolute atomic E-state index is 0.0362. The molecular formula is C10H19NOS2. The standard InChI is InChI=1S/C10H19NOS2/c1-9(2)6-5-7-10(3,4)11(9)12-8(13)14/h5-7H2,1-4H3,(H,13,14). The highest BCUT2D eigenvalue weighted by Crippen LogP contribution is 2.38. The van der Waals surface area contributed by atoms with Gasteiger partial charge >= 0.3 is 0 Å². The quantitative estimate of drug-likeness (QED) is 0.552. The molecule has 1 aliphatic rings. The monoisotopic (exact) mass is 233 g/mol. The van der Waals surface area contributed by atoms with Gasteiger partial charge in [0.05, 0.1) is 11.1 Å². The van der Waals surface area contributed by atoms with Crippen molar-refractivity contribution < 1.29 is 4.84 Å². The maximum Gasteiger partial charge on any atom is 0.242 e. The molecule has 0 spiro atoms. The van der Waals surface area contributed by atoms with Crippen LogP contribution >= 0.6 is 24.8 Å². The maximum absolute atomic E-state index is 5.55. The first-order chi connectivity index (χ1) is 6.26. The molecule has 14 heavy (non-hydrogen) atoms. The van der Waals surface area contributed by atoms with E-state index >= 15 is 0 Å². The Hall–Kier alpha value is 0.200. The van der Waals surface area contributed by atoms with Crippen molar-refractivity contribution in [1.82, 2.24) is 5.06 Å². The average molecular weight is 233 g/mol. The van der Waals surface area contributed by atoms with Gasteiger partial charge in [-0.05, 0) is 59.2 Å². The zero-order valence-corrected chi connectivity index (χ0v) is 11.0. The molecule has 1 aliphatic heterocycles. The van der Waals surface area contributed by atoms with Crippen molar-refractivity contribution in [3.63, 3.8) is 0 Å². The van der Waals surface area contributed by atoms with Crippen LogP contribution in [0, 0.1) is 0 Å². The lowest BCUT2D eigenvalue weighted by atomic mass is 9.82. The lowest BCUT2D eigenvalue weighted by molar-refractivity contribution is -0.223. The molecule has 0 aromatic carbocycles. The predicted octanol–water partition coefficient (Wildman–Crippen LogP) is 3.18. The van der Waals surface area contributed by atoms with Gasteiger partial charge in [0, 0.05) is 0 Å². The van der Waals surface area contributed by atoms with Crippen molar-refractivity contribution in [2.24, 2.45) is 0 Å². The summed E-state index contributed by atoms with van der Waals surface area (Å²) in [6.07, 6.45) is 3.50. The molecular weight excluding hydrogens is 214 g/mol. The van der Waals surface area contributed by atoms with Gasteiger partial charge in [0.2, 0.25) is 4.38 Å². The topological polar surface area (TPSA) is 12.5 Å². The van der Waals surface area contributed by atoms with Gasteiger partial charge < -0.3 is 4.84 Å². The van der Waals surface area contributed by atoms with Gasteiger partial charge in [-0.15, -0.1) is 5.06 Å². The molecule has 4 heteroatoms. The van der Waals surface area contributed by atoms with Crippen molar-refractivity contribution >= 4 is 29.2 Å². The minimum Gasteiger partial charge on any atom is -0.386 e. The Morgan fingerprint density at radius 1 is 1.21 bits per heavy atom. The van der Waals surface area contributed by atoms with E-state index in [1.807, 2.05) is 5.06 Å². The van der Waals surface area contributed by atoms with Crippen molar-refractivity contribution in [2.75, 3.05) is 0 Å². The summed E-state index contributed by atoms with van der Waals surface area (Å²) >= 11 is 8.91. The summed E-state index contributed by atoms with van der Waals surface area (Å²) < 4.78 is 0.299. The van der Waals surface area contributed by atoms with Gasteiger partial charge in [0.15, 0.2) is 0 Å². The number of hydrogen-bond donors (Lipinski definition) is 1. The second-order valence-electron chi connectivity index (χ2n) is 5.13. The average Bonchev–Trinajstić information content (AvgIpc) is 1.96. The Kier molecular flexibility index (Phi) is 3.49. The maximum atomic E-state index is 5.55. The highest BCUT2D eigenvalue weighted by Gasteiger charge is 2.43. The van der Waals surface area contributed by atoms with E-state index in [4.69, 9.17) is 17.1 Å². The highest BCUT2D eigenvalue weighted by molar-refractivity contribution is 8.10. The number of rotatable bonds is 1. The molecule has 0 unspecified atom stereocenters. The van der Waals surface area contributed by atoms with Crippen molar-refractivity contribution in [1.29, 1.82) is 0 Å². The fourth-order valence-corrected chi connectivity index (χ4v) is 2.46. The van der Waals surface area contributed by atoms with E-state index in [0.717, 1.165) is 12.8 Å². The fraction of sp³-hybridized carbons (Fsp3) is 0.900. The molecule has 1 fully saturated rings. The van der Waals surface area contributed by atoms with Crippen LogP contribution in [0.2, 0.25) is 0 Å². The minimum atomic E-state index is 0.0362. The van der Waals surface area contributed by atoms with Crippen LogP contribution in [0.4, 0.5) is 0 Å². The summed E-state index contributed by atoms with van der Waals surface area (Å²) in [5.74, 6) is 0. The Morgan fingerprint density at radius 3 is 2.00 bits per heavy atom. The molecule has 2 nitrogen and oxygen atoms in total. The first kappa shape index (κ1) is 12.3. The third-order valence-corrected chi connectivity index (χ3v) is 3.00. The summed E-state index contributed by atoms with van der Waals surface area (Å²) in [5.41, 5.74) is 0.0725. The number of hydroxylamine groups is 2. The number of thiocarbonyl (C=S) groups is 1. The smallest absolute Gasteiger partial charge is 0.242 e. The third kappa shape index (κ3) is 2.61. The van der Waals surface area contributed by atoms with Gasteiger partial charge in [-0.1, -0.05) is 12.6 Å². The molecule has 0 radical (unpaired) electrons. The first-order valence-electron chi connectivity index (χ1n) is 4.97. The molecule has 0 N–H and O–H groups in total. The van der Waals surface area contributed by atoms with Crippen molar-refractivity contribution in [3.8, 4) is 0 Å². The molecule has 0 aromatic heterocycles. The number of thiol groups is 1. The third-order valence-electron chi connectivity index (χ3n) is 2.85. The van der Waals surface area contributed by atoms with E-state index in [-0.39, 0.29) is 11.1 Å². The molecule has 1 saturated heterocycles. The van der Waals surface area contributed by atoms with Crippen LogP contribution in [-0.2, 0) is 4.84 Å². The van der Waals surface area contributed by atoms with E-state index < -0.39 is 0 Å². The van der Waals surface area contributed by atoms with E-state index in [1.165, 1.54) is 6.42 Å². The Bertz CT molecular complexity index is 222. The van der Waals surface area contributed by atoms with Crippen LogP contribution in [0.15, 0.2) is 0 Å². The Labute approximate surface area is 97.4 Å². The molecule has 1 heterocycles. The molecule has 0 amide bonds. The van der Waals surface area contributed by atoms with Crippen LogP contribution < -0.4 is 0 Å². The lowest BCUT2D eigenvalue weighted by Gasteiger charge is -2.50. The van der Waals surface area contributed by atoms with Crippen molar-refractivity contribution in [2.45, 2.75) is 58.0 Å². The number of hydrogen-bond acceptors (Lipinski definition) is 3. The fourth-order valence-electron chi connectivity index (χ4n) is 2.30. The normalized spacial score (nSPS) is 25.8. The largest absolute Gasteiger partial charge is 0.386 e. The second kappa shape index (κ2) is 3.99. The highest BCUT2D eigenvalue weighted by atomic mass is 32.1. The Balaban J connectivity index is 2.85. The predicted molar refractivity (Wildman–Crippen MR) is 66.5 cm³/mol. The van der Waals surface area contributed by atoms with E-state index in [0.29, 0.717) is 4.38 Å². The molecule has 0 aromatic rings. The first-order valence-corrected chi connectivity index (χ1v) is 5.82. The second-order valence-corrected chi connectivity index (χ2v) is 6.21. The van der Waals surface area contributed by atoms with Gasteiger partial charge in [-0.2, -0.15) is 0 Å². The van der Waals surface area contributed by atoms with Gasteiger partial charge in [-0.3, -0.25) is 0 Å². The van der Waals surface area contributed by atoms with Gasteiger partial charge in [0.25, 0.3) is 0 Å². The van der Waals surface area contributed by atoms with Gasteiger partial charge in [-0.25, -0.2) is 0 Å². The lowest BCUT2D eigenvalue weighted by Crippen LogP contribution is -2.58. The van der Waals surface area contributed by atoms with Crippen LogP contribution in [0.25, 0.3) is 0 Å². The van der Waals surface area contributed by atoms with Crippen LogP contribution in [0.3, 0.4) is 0 Å². The summed E-state index contributed by atoms with van der Waals surface area (Å²) in [6, 6.07) is 0. The van der Waals surface area contributed by atoms with E-state index in [2.05, 4.69) is 40.3 Å². The molecule has 82 valence electrons. The van der Waals surface area contributed by atoms with Crippen LogP contribution in [0.1, 0.15) is 47.0 Å². The van der Waals surface area contributed by atoms with E-state index in [9.17, 15) is 0 Å².